The lowest BCUT2D eigenvalue weighted by Gasteiger charge is -2.26. The lowest BCUT2D eigenvalue weighted by Crippen LogP contribution is -2.50. The first kappa shape index (κ1) is 14.4. The van der Waals surface area contributed by atoms with Gasteiger partial charge in [0.2, 0.25) is 0 Å². The van der Waals surface area contributed by atoms with Gasteiger partial charge in [0.1, 0.15) is 5.54 Å². The maximum Gasteiger partial charge on any atom is 0.323 e. The highest BCUT2D eigenvalue weighted by Gasteiger charge is 2.37. The van der Waals surface area contributed by atoms with Crippen molar-refractivity contribution in [3.63, 3.8) is 0 Å². The number of carbonyl (C=O) groups is 1. The summed E-state index contributed by atoms with van der Waals surface area (Å²) >= 11 is 1.79. The molecule has 2 rings (SSSR count). The molecule has 0 radical (unpaired) electrons. The molecule has 19 heavy (non-hydrogen) atoms. The van der Waals surface area contributed by atoms with Crippen molar-refractivity contribution in [3.05, 3.63) is 35.9 Å². The number of carboxylic acid groups (broad SMARTS) is 1. The molecule has 0 heterocycles. The van der Waals surface area contributed by atoms with E-state index in [0.717, 1.165) is 24.3 Å². The van der Waals surface area contributed by atoms with Gasteiger partial charge in [-0.1, -0.05) is 30.3 Å². The summed E-state index contributed by atoms with van der Waals surface area (Å²) in [6.45, 7) is 1.80. The molecular weight excluding hydrogens is 258 g/mol. The highest BCUT2D eigenvalue weighted by atomic mass is 32.2. The summed E-state index contributed by atoms with van der Waals surface area (Å²) in [5.41, 5.74) is 0.518. The van der Waals surface area contributed by atoms with Gasteiger partial charge in [0, 0.05) is 11.8 Å². The Kier molecular flexibility index (Phi) is 4.88. The predicted octanol–water partition coefficient (Wildman–Crippen LogP) is 2.91. The molecule has 0 amide bonds. The lowest BCUT2D eigenvalue weighted by atomic mass is 9.99. The Labute approximate surface area is 118 Å². The maximum absolute atomic E-state index is 11.4. The first-order valence-corrected chi connectivity index (χ1v) is 7.88. The third-order valence-corrected chi connectivity index (χ3v) is 4.46. The lowest BCUT2D eigenvalue weighted by molar-refractivity contribution is -0.144. The fourth-order valence-electron chi connectivity index (χ4n) is 1.96. The quantitative estimate of drug-likeness (QED) is 0.718. The van der Waals surface area contributed by atoms with Crippen molar-refractivity contribution in [2.75, 3.05) is 5.75 Å². The molecule has 1 aromatic rings. The van der Waals surface area contributed by atoms with Crippen LogP contribution in [0.1, 0.15) is 31.7 Å². The van der Waals surface area contributed by atoms with Gasteiger partial charge in [-0.2, -0.15) is 11.8 Å². The summed E-state index contributed by atoms with van der Waals surface area (Å²) < 4.78 is 0. The first-order chi connectivity index (χ1) is 9.10. The number of rotatable bonds is 8. The number of thioether (sulfide) groups is 1. The topological polar surface area (TPSA) is 49.3 Å². The van der Waals surface area contributed by atoms with E-state index in [0.29, 0.717) is 12.5 Å². The van der Waals surface area contributed by atoms with Crippen LogP contribution in [-0.2, 0) is 10.5 Å². The van der Waals surface area contributed by atoms with Crippen LogP contribution in [0.15, 0.2) is 30.3 Å². The second-order valence-electron chi connectivity index (χ2n) is 5.34. The van der Waals surface area contributed by atoms with Crippen LogP contribution in [0, 0.1) is 0 Å². The van der Waals surface area contributed by atoms with Crippen molar-refractivity contribution < 1.29 is 9.90 Å². The summed E-state index contributed by atoms with van der Waals surface area (Å²) in [7, 11) is 0. The zero-order valence-corrected chi connectivity index (χ0v) is 12.1. The van der Waals surface area contributed by atoms with E-state index < -0.39 is 11.5 Å². The summed E-state index contributed by atoms with van der Waals surface area (Å²) in [5.74, 6) is 1.07. The van der Waals surface area contributed by atoms with Gasteiger partial charge in [0.05, 0.1) is 0 Å². The third-order valence-electron chi connectivity index (χ3n) is 3.43. The van der Waals surface area contributed by atoms with E-state index in [2.05, 4.69) is 17.4 Å². The van der Waals surface area contributed by atoms with Gasteiger partial charge in [-0.25, -0.2) is 0 Å². The van der Waals surface area contributed by atoms with E-state index >= 15 is 0 Å². The van der Waals surface area contributed by atoms with Crippen LogP contribution in [0.5, 0.6) is 0 Å². The van der Waals surface area contributed by atoms with Gasteiger partial charge >= 0.3 is 5.97 Å². The monoisotopic (exact) mass is 279 g/mol. The molecule has 104 valence electrons. The Morgan fingerprint density at radius 2 is 2.11 bits per heavy atom. The number of benzene rings is 1. The zero-order valence-electron chi connectivity index (χ0n) is 11.3. The molecule has 1 aliphatic rings. The number of nitrogens with one attached hydrogen (secondary N) is 1. The zero-order chi connectivity index (χ0) is 13.7. The molecule has 1 aromatic carbocycles. The molecule has 1 aliphatic carbocycles. The number of hydrogen-bond donors (Lipinski definition) is 2. The molecule has 0 saturated heterocycles. The Bertz CT molecular complexity index is 419. The third kappa shape index (κ3) is 4.55. The average molecular weight is 279 g/mol. The van der Waals surface area contributed by atoms with Gasteiger partial charge in [-0.05, 0) is 37.5 Å². The SMILES string of the molecule is CC(CCSCc1ccccc1)(NC1CC1)C(=O)O. The summed E-state index contributed by atoms with van der Waals surface area (Å²) in [6.07, 6.45) is 2.89. The van der Waals surface area contributed by atoms with Crippen molar-refractivity contribution in [2.45, 2.75) is 43.5 Å². The maximum atomic E-state index is 11.4. The van der Waals surface area contributed by atoms with Crippen LogP contribution in [0.4, 0.5) is 0 Å². The minimum atomic E-state index is -0.773. The van der Waals surface area contributed by atoms with Gasteiger partial charge in [-0.3, -0.25) is 10.1 Å². The molecule has 1 atom stereocenters. The van der Waals surface area contributed by atoms with Crippen LogP contribution in [-0.4, -0.2) is 28.4 Å². The molecule has 2 N–H and O–H groups in total. The highest BCUT2D eigenvalue weighted by molar-refractivity contribution is 7.98. The van der Waals surface area contributed by atoms with Crippen molar-refractivity contribution in [1.82, 2.24) is 5.32 Å². The minimum absolute atomic E-state index is 0.417. The van der Waals surface area contributed by atoms with E-state index in [-0.39, 0.29) is 0 Å². The normalized spacial score (nSPS) is 17.9. The highest BCUT2D eigenvalue weighted by Crippen LogP contribution is 2.25. The molecule has 3 nitrogen and oxygen atoms in total. The van der Waals surface area contributed by atoms with Gasteiger partial charge in [-0.15, -0.1) is 0 Å². The van der Waals surface area contributed by atoms with Gasteiger partial charge < -0.3 is 5.11 Å². The van der Waals surface area contributed by atoms with Gasteiger partial charge in [0.15, 0.2) is 0 Å². The molecule has 1 unspecified atom stereocenters. The van der Waals surface area contributed by atoms with Crippen molar-refractivity contribution >= 4 is 17.7 Å². The molecule has 1 fully saturated rings. The average Bonchev–Trinajstić information content (AvgIpc) is 3.19. The van der Waals surface area contributed by atoms with Crippen LogP contribution >= 0.6 is 11.8 Å². The molecular formula is C15H21NO2S. The van der Waals surface area contributed by atoms with Crippen molar-refractivity contribution in [2.24, 2.45) is 0 Å². The summed E-state index contributed by atoms with van der Waals surface area (Å²) in [6, 6.07) is 10.7. The summed E-state index contributed by atoms with van der Waals surface area (Å²) in [4.78, 5) is 11.4. The minimum Gasteiger partial charge on any atom is -0.480 e. The molecule has 0 aliphatic heterocycles. The largest absolute Gasteiger partial charge is 0.480 e. The second kappa shape index (κ2) is 6.44. The Morgan fingerprint density at radius 1 is 1.42 bits per heavy atom. The predicted molar refractivity (Wildman–Crippen MR) is 79.4 cm³/mol. The van der Waals surface area contributed by atoms with E-state index in [1.807, 2.05) is 18.2 Å². The fraction of sp³-hybridized carbons (Fsp3) is 0.533. The van der Waals surface area contributed by atoms with E-state index in [1.54, 1.807) is 18.7 Å². The number of carboxylic acids is 1. The smallest absolute Gasteiger partial charge is 0.323 e. The second-order valence-corrected chi connectivity index (χ2v) is 6.45. The molecule has 1 saturated carbocycles. The standard InChI is InChI=1S/C15H21NO2S/c1-15(14(17)18,16-13-7-8-13)9-10-19-11-12-5-3-2-4-6-12/h2-6,13,16H,7-11H2,1H3,(H,17,18). The Morgan fingerprint density at radius 3 is 2.68 bits per heavy atom. The Balaban J connectivity index is 1.74. The molecule has 0 aromatic heterocycles. The molecule has 0 bridgehead atoms. The summed E-state index contributed by atoms with van der Waals surface area (Å²) in [5, 5.41) is 12.6. The van der Waals surface area contributed by atoms with Crippen molar-refractivity contribution in [1.29, 1.82) is 0 Å². The van der Waals surface area contributed by atoms with Crippen molar-refractivity contribution in [3.8, 4) is 0 Å². The van der Waals surface area contributed by atoms with E-state index in [9.17, 15) is 9.90 Å². The Hall–Kier alpha value is -1.00. The fourth-order valence-corrected chi connectivity index (χ4v) is 3.08. The molecule has 4 heteroatoms. The number of aliphatic carboxylic acids is 1. The molecule has 0 spiro atoms. The van der Waals surface area contributed by atoms with Crippen LogP contribution in [0.2, 0.25) is 0 Å². The van der Waals surface area contributed by atoms with E-state index in [1.165, 1.54) is 5.56 Å². The van der Waals surface area contributed by atoms with Crippen LogP contribution in [0.25, 0.3) is 0 Å². The van der Waals surface area contributed by atoms with E-state index in [4.69, 9.17) is 0 Å². The van der Waals surface area contributed by atoms with Crippen LogP contribution in [0.3, 0.4) is 0 Å². The number of hydrogen-bond acceptors (Lipinski definition) is 3. The van der Waals surface area contributed by atoms with Crippen LogP contribution < -0.4 is 5.32 Å². The van der Waals surface area contributed by atoms with Gasteiger partial charge in [0.25, 0.3) is 0 Å². The first-order valence-electron chi connectivity index (χ1n) is 6.73.